The Morgan fingerprint density at radius 1 is 1.09 bits per heavy atom. The largest absolute Gasteiger partial charge is 0.372 e. The predicted molar refractivity (Wildman–Crippen MR) is 125 cm³/mol. The van der Waals surface area contributed by atoms with E-state index < -0.39 is 17.6 Å². The van der Waals surface area contributed by atoms with E-state index in [0.717, 1.165) is 47.0 Å². The number of nitrogens with zero attached hydrogens (tertiary/aromatic N) is 2. The van der Waals surface area contributed by atoms with Gasteiger partial charge in [0, 0.05) is 34.9 Å². The van der Waals surface area contributed by atoms with E-state index >= 15 is 0 Å². The SMILES string of the molecule is CC(C(=O)Nc1ccc(N2CCCCC2)cc1)N1C(=O)NC2(CCCc3sccc32)C1=O. The first kappa shape index (κ1) is 21.0. The van der Waals surface area contributed by atoms with Crippen LogP contribution in [0.5, 0.6) is 0 Å². The summed E-state index contributed by atoms with van der Waals surface area (Å²) in [5, 5.41) is 7.74. The van der Waals surface area contributed by atoms with Gasteiger partial charge in [-0.2, -0.15) is 0 Å². The summed E-state index contributed by atoms with van der Waals surface area (Å²) in [6.07, 6.45) is 6.00. The van der Waals surface area contributed by atoms with Gasteiger partial charge >= 0.3 is 6.03 Å². The molecular weight excluding hydrogens is 424 g/mol. The quantitative estimate of drug-likeness (QED) is 0.691. The van der Waals surface area contributed by atoms with Crippen molar-refractivity contribution in [2.45, 2.75) is 57.0 Å². The molecule has 32 heavy (non-hydrogen) atoms. The number of carbonyl (C=O) groups excluding carboxylic acids is 3. The Hall–Kier alpha value is -2.87. The van der Waals surface area contributed by atoms with Crippen LogP contribution < -0.4 is 15.5 Å². The van der Waals surface area contributed by atoms with Gasteiger partial charge in [-0.05, 0) is 81.2 Å². The van der Waals surface area contributed by atoms with E-state index in [1.165, 1.54) is 19.3 Å². The molecule has 2 fully saturated rings. The molecule has 2 atom stereocenters. The number of carbonyl (C=O) groups is 3. The number of hydrogen-bond acceptors (Lipinski definition) is 5. The molecule has 1 spiro atoms. The monoisotopic (exact) mass is 452 g/mol. The molecule has 2 aliphatic heterocycles. The van der Waals surface area contributed by atoms with Gasteiger partial charge in [0.15, 0.2) is 0 Å². The van der Waals surface area contributed by atoms with Gasteiger partial charge in [0.2, 0.25) is 5.91 Å². The second kappa shape index (κ2) is 8.24. The molecule has 2 aromatic rings. The average molecular weight is 453 g/mol. The lowest BCUT2D eigenvalue weighted by Gasteiger charge is -2.31. The van der Waals surface area contributed by atoms with E-state index in [1.807, 2.05) is 35.7 Å². The summed E-state index contributed by atoms with van der Waals surface area (Å²) >= 11 is 1.61. The second-order valence-corrected chi connectivity index (χ2v) is 9.88. The van der Waals surface area contributed by atoms with Crippen molar-refractivity contribution >= 4 is 40.6 Å². The van der Waals surface area contributed by atoms with Gasteiger partial charge in [0.05, 0.1) is 0 Å². The van der Waals surface area contributed by atoms with Crippen LogP contribution in [0.15, 0.2) is 35.7 Å². The number of anilines is 2. The molecule has 2 unspecified atom stereocenters. The third kappa shape index (κ3) is 3.46. The lowest BCUT2D eigenvalue weighted by Crippen LogP contribution is -2.49. The van der Waals surface area contributed by atoms with Crippen LogP contribution in [0.4, 0.5) is 16.2 Å². The minimum absolute atomic E-state index is 0.329. The van der Waals surface area contributed by atoms with Crippen LogP contribution in [-0.4, -0.2) is 41.9 Å². The number of piperidine rings is 1. The fourth-order valence-electron chi connectivity index (χ4n) is 5.13. The maximum Gasteiger partial charge on any atom is 0.326 e. The van der Waals surface area contributed by atoms with E-state index in [1.54, 1.807) is 18.3 Å². The first-order valence-electron chi connectivity index (χ1n) is 11.4. The number of fused-ring (bicyclic) bond motifs is 2. The third-order valence-electron chi connectivity index (χ3n) is 6.91. The zero-order chi connectivity index (χ0) is 22.3. The highest BCUT2D eigenvalue weighted by Crippen LogP contribution is 2.42. The van der Waals surface area contributed by atoms with Crippen LogP contribution >= 0.6 is 11.3 Å². The Kier molecular flexibility index (Phi) is 5.41. The number of urea groups is 1. The summed E-state index contributed by atoms with van der Waals surface area (Å²) in [4.78, 5) is 43.8. The van der Waals surface area contributed by atoms with E-state index in [0.29, 0.717) is 12.1 Å². The standard InChI is InChI=1S/C24H28N4O3S/c1-16(21(29)25-17-7-9-18(10-8-17)27-13-3-2-4-14-27)28-22(30)24(26-23(28)31)12-5-6-20-19(24)11-15-32-20/h7-11,15-16H,2-6,12-14H2,1H3,(H,25,29)(H,26,31). The van der Waals surface area contributed by atoms with Crippen molar-refractivity contribution in [2.24, 2.45) is 0 Å². The van der Waals surface area contributed by atoms with Gasteiger partial charge in [-0.25, -0.2) is 9.69 Å². The Labute approximate surface area is 191 Å². The zero-order valence-electron chi connectivity index (χ0n) is 18.2. The molecule has 8 heteroatoms. The lowest BCUT2D eigenvalue weighted by molar-refractivity contribution is -0.137. The smallest absolute Gasteiger partial charge is 0.326 e. The number of hydrogen-bond donors (Lipinski definition) is 2. The first-order valence-corrected chi connectivity index (χ1v) is 12.3. The van der Waals surface area contributed by atoms with Crippen molar-refractivity contribution in [3.63, 3.8) is 0 Å². The highest BCUT2D eigenvalue weighted by Gasteiger charge is 2.56. The normalized spacial score (nSPS) is 23.8. The van der Waals surface area contributed by atoms with E-state index in [9.17, 15) is 14.4 Å². The molecule has 4 amide bonds. The van der Waals surface area contributed by atoms with E-state index in [4.69, 9.17) is 0 Å². The van der Waals surface area contributed by atoms with Crippen LogP contribution in [0.1, 0.15) is 49.5 Å². The number of aryl methyl sites for hydroxylation is 1. The molecule has 0 bridgehead atoms. The Balaban J connectivity index is 1.29. The van der Waals surface area contributed by atoms with Crippen molar-refractivity contribution in [1.82, 2.24) is 10.2 Å². The summed E-state index contributed by atoms with van der Waals surface area (Å²) in [6.45, 7) is 3.72. The lowest BCUT2D eigenvalue weighted by atomic mass is 9.80. The summed E-state index contributed by atoms with van der Waals surface area (Å²) in [5.41, 5.74) is 1.66. The summed E-state index contributed by atoms with van der Waals surface area (Å²) in [6, 6.07) is 8.28. The fraction of sp³-hybridized carbons (Fsp3) is 0.458. The van der Waals surface area contributed by atoms with Crippen LogP contribution in [0.2, 0.25) is 0 Å². The van der Waals surface area contributed by atoms with Crippen molar-refractivity contribution < 1.29 is 14.4 Å². The minimum atomic E-state index is -1.03. The second-order valence-electron chi connectivity index (χ2n) is 8.88. The van der Waals surface area contributed by atoms with Crippen LogP contribution in [0, 0.1) is 0 Å². The van der Waals surface area contributed by atoms with Crippen molar-refractivity contribution in [1.29, 1.82) is 0 Å². The van der Waals surface area contributed by atoms with Crippen molar-refractivity contribution in [3.8, 4) is 0 Å². The van der Waals surface area contributed by atoms with Gasteiger partial charge in [-0.3, -0.25) is 9.59 Å². The maximum atomic E-state index is 13.4. The number of nitrogens with one attached hydrogen (secondary N) is 2. The molecule has 0 radical (unpaired) electrons. The zero-order valence-corrected chi connectivity index (χ0v) is 19.0. The molecule has 7 nitrogen and oxygen atoms in total. The molecular formula is C24H28N4O3S. The molecule has 2 saturated heterocycles. The molecule has 1 aliphatic carbocycles. The number of thiophene rings is 1. The molecule has 1 aromatic carbocycles. The van der Waals surface area contributed by atoms with Gasteiger partial charge in [-0.1, -0.05) is 0 Å². The van der Waals surface area contributed by atoms with Crippen molar-refractivity contribution in [2.75, 3.05) is 23.3 Å². The van der Waals surface area contributed by atoms with Gasteiger partial charge in [0.1, 0.15) is 11.6 Å². The Bertz CT molecular complexity index is 1040. The number of benzene rings is 1. The topological polar surface area (TPSA) is 81.8 Å². The Morgan fingerprint density at radius 2 is 1.84 bits per heavy atom. The fourth-order valence-corrected chi connectivity index (χ4v) is 6.13. The first-order chi connectivity index (χ1) is 15.5. The number of amides is 4. The summed E-state index contributed by atoms with van der Waals surface area (Å²) in [7, 11) is 0. The molecule has 5 rings (SSSR count). The van der Waals surface area contributed by atoms with Crippen molar-refractivity contribution in [3.05, 3.63) is 46.2 Å². The highest BCUT2D eigenvalue weighted by atomic mass is 32.1. The molecule has 3 heterocycles. The van der Waals surface area contributed by atoms with Crippen LogP contribution in [0.25, 0.3) is 0 Å². The summed E-state index contributed by atoms with van der Waals surface area (Å²) in [5.74, 6) is -0.706. The summed E-state index contributed by atoms with van der Waals surface area (Å²) < 4.78 is 0. The Morgan fingerprint density at radius 3 is 2.59 bits per heavy atom. The van der Waals surface area contributed by atoms with Crippen LogP contribution in [0.3, 0.4) is 0 Å². The van der Waals surface area contributed by atoms with E-state index in [-0.39, 0.29) is 11.8 Å². The third-order valence-corrected chi connectivity index (χ3v) is 7.89. The molecule has 1 aromatic heterocycles. The average Bonchev–Trinajstić information content (AvgIpc) is 3.38. The van der Waals surface area contributed by atoms with Gasteiger partial charge < -0.3 is 15.5 Å². The van der Waals surface area contributed by atoms with Gasteiger partial charge in [0.25, 0.3) is 5.91 Å². The molecule has 3 aliphatic rings. The highest BCUT2D eigenvalue weighted by molar-refractivity contribution is 7.10. The molecule has 0 saturated carbocycles. The molecule has 2 N–H and O–H groups in total. The van der Waals surface area contributed by atoms with E-state index in [2.05, 4.69) is 15.5 Å². The minimum Gasteiger partial charge on any atom is -0.372 e. The predicted octanol–water partition coefficient (Wildman–Crippen LogP) is 3.85. The number of imide groups is 1. The van der Waals surface area contributed by atoms with Gasteiger partial charge in [-0.15, -0.1) is 11.3 Å². The van der Waals surface area contributed by atoms with Crippen LogP contribution in [-0.2, 0) is 21.5 Å². The molecule has 168 valence electrons. The maximum absolute atomic E-state index is 13.4. The number of rotatable bonds is 4.